The molecule has 8 heteroatoms. The van der Waals surface area contributed by atoms with Gasteiger partial charge >= 0.3 is 12.2 Å². The van der Waals surface area contributed by atoms with Crippen molar-refractivity contribution in [2.45, 2.75) is 12.2 Å². The predicted molar refractivity (Wildman–Crippen MR) is 33.2 cm³/mol. The molecule has 0 unspecified atom stereocenters. The lowest BCUT2D eigenvalue weighted by Gasteiger charge is -2.18. The van der Waals surface area contributed by atoms with Gasteiger partial charge in [0.15, 0.2) is 0 Å². The molecular weight excluding hydrogens is 209 g/mol. The van der Waals surface area contributed by atoms with Crippen molar-refractivity contribution in [1.82, 2.24) is 9.78 Å². The monoisotopic (exact) mass is 211 g/mol. The Morgan fingerprint density at radius 2 is 1.86 bits per heavy atom. The maximum Gasteiger partial charge on any atom is 0.477 e. The van der Waals surface area contributed by atoms with Crippen LogP contribution in [0.4, 0.5) is 22.0 Å². The summed E-state index contributed by atoms with van der Waals surface area (Å²) in [6, 6.07) is -3.71. The topological polar surface area (TPSA) is 41.6 Å². The van der Waals surface area contributed by atoms with Crippen LogP contribution in [0.3, 0.4) is 0 Å². The molecule has 0 saturated heterocycles. The molecule has 0 bridgehead atoms. The van der Waals surface area contributed by atoms with Crippen LogP contribution in [-0.2, 0) is 6.05 Å². The third kappa shape index (κ3) is 1.53. The Morgan fingerprint density at radius 1 is 1.29 bits per heavy atom. The van der Waals surface area contributed by atoms with Crippen LogP contribution in [0.25, 0.3) is 0 Å². The van der Waals surface area contributed by atoms with Gasteiger partial charge in [-0.1, -0.05) is 0 Å². The molecule has 0 saturated carbocycles. The Morgan fingerprint density at radius 3 is 2.21 bits per heavy atom. The van der Waals surface area contributed by atoms with Crippen molar-refractivity contribution in [1.29, 1.82) is 5.26 Å². The fraction of sp³-hybridized carbons (Fsp3) is 0.333. The number of hydrogen-bond donors (Lipinski definition) is 0. The molecule has 14 heavy (non-hydrogen) atoms. The number of halogens is 5. The second kappa shape index (κ2) is 2.94. The maximum atomic E-state index is 12.5. The summed E-state index contributed by atoms with van der Waals surface area (Å²) in [6.07, 6.45) is -4.78. The van der Waals surface area contributed by atoms with Crippen LogP contribution in [0.15, 0.2) is 12.4 Å². The van der Waals surface area contributed by atoms with Gasteiger partial charge in [-0.05, 0) is 0 Å². The molecular formula is C6H2F5N3. The lowest BCUT2D eigenvalue weighted by Crippen LogP contribution is -2.39. The first-order valence-corrected chi connectivity index (χ1v) is 3.19. The van der Waals surface area contributed by atoms with Crippen LogP contribution in [0.1, 0.15) is 5.56 Å². The molecule has 0 radical (unpaired) electrons. The number of aromatic nitrogens is 2. The third-order valence-electron chi connectivity index (χ3n) is 1.34. The Labute approximate surface area is 74.4 Å². The molecule has 0 aliphatic carbocycles. The molecule has 0 spiro atoms. The van der Waals surface area contributed by atoms with Gasteiger partial charge < -0.3 is 0 Å². The van der Waals surface area contributed by atoms with Gasteiger partial charge in [0.1, 0.15) is 6.07 Å². The zero-order valence-corrected chi connectivity index (χ0v) is 6.39. The van der Waals surface area contributed by atoms with Crippen LogP contribution >= 0.6 is 0 Å². The molecule has 1 rings (SSSR count). The van der Waals surface area contributed by atoms with Gasteiger partial charge in [-0.3, -0.25) is 0 Å². The summed E-state index contributed by atoms with van der Waals surface area (Å²) in [7, 11) is 0. The summed E-state index contributed by atoms with van der Waals surface area (Å²) in [4.78, 5) is 0. The fourth-order valence-corrected chi connectivity index (χ4v) is 0.664. The third-order valence-corrected chi connectivity index (χ3v) is 1.34. The summed E-state index contributed by atoms with van der Waals surface area (Å²) in [5, 5.41) is 10.9. The zero-order valence-electron chi connectivity index (χ0n) is 6.39. The minimum Gasteiger partial charge on any atom is -0.200 e. The average molecular weight is 211 g/mol. The molecule has 0 atom stereocenters. The second-order valence-electron chi connectivity index (χ2n) is 2.32. The summed E-state index contributed by atoms with van der Waals surface area (Å²) in [5.74, 6) is 0. The van der Waals surface area contributed by atoms with E-state index in [0.29, 0.717) is 12.4 Å². The SMILES string of the molecule is N#Cc1cnn(C(F)(F)C(F)(F)F)c1. The van der Waals surface area contributed by atoms with Crippen LogP contribution in [-0.4, -0.2) is 16.0 Å². The van der Waals surface area contributed by atoms with Crippen molar-refractivity contribution < 1.29 is 22.0 Å². The number of hydrogen-bond acceptors (Lipinski definition) is 2. The normalized spacial score (nSPS) is 12.6. The van der Waals surface area contributed by atoms with Gasteiger partial charge in [-0.25, -0.2) is 0 Å². The molecule has 0 aliphatic heterocycles. The molecule has 1 aromatic rings. The molecule has 1 heterocycles. The molecule has 0 aliphatic rings. The Balaban J connectivity index is 3.11. The van der Waals surface area contributed by atoms with E-state index in [2.05, 4.69) is 5.10 Å². The van der Waals surface area contributed by atoms with Gasteiger partial charge in [0, 0.05) is 6.20 Å². The van der Waals surface area contributed by atoms with Crippen molar-refractivity contribution in [3.05, 3.63) is 18.0 Å². The summed E-state index contributed by atoms with van der Waals surface area (Å²) >= 11 is 0. The molecule has 0 aromatic carbocycles. The van der Waals surface area contributed by atoms with E-state index in [-0.39, 0.29) is 5.56 Å². The van der Waals surface area contributed by atoms with Gasteiger partial charge in [0.05, 0.1) is 11.8 Å². The van der Waals surface area contributed by atoms with Gasteiger partial charge in [-0.2, -0.15) is 37.0 Å². The van der Waals surface area contributed by atoms with E-state index >= 15 is 0 Å². The summed E-state index contributed by atoms with van der Waals surface area (Å²) < 4.78 is 59.6. The van der Waals surface area contributed by atoms with E-state index in [1.807, 2.05) is 0 Å². The molecule has 0 amide bonds. The van der Waals surface area contributed by atoms with Crippen molar-refractivity contribution in [2.75, 3.05) is 0 Å². The second-order valence-corrected chi connectivity index (χ2v) is 2.32. The quantitative estimate of drug-likeness (QED) is 0.665. The van der Waals surface area contributed by atoms with Crippen molar-refractivity contribution in [3.8, 4) is 6.07 Å². The van der Waals surface area contributed by atoms with E-state index in [9.17, 15) is 22.0 Å². The number of alkyl halides is 5. The lowest BCUT2D eigenvalue weighted by molar-refractivity contribution is -0.328. The van der Waals surface area contributed by atoms with E-state index in [1.165, 1.54) is 6.07 Å². The smallest absolute Gasteiger partial charge is 0.200 e. The maximum absolute atomic E-state index is 12.5. The lowest BCUT2D eigenvalue weighted by atomic mass is 10.4. The highest BCUT2D eigenvalue weighted by Gasteiger charge is 2.60. The highest BCUT2D eigenvalue weighted by atomic mass is 19.4. The highest BCUT2D eigenvalue weighted by Crippen LogP contribution is 2.38. The summed E-state index contributed by atoms with van der Waals surface area (Å²) in [6.45, 7) is 0. The minimum absolute atomic E-state index is 0.327. The number of rotatable bonds is 1. The Bertz CT molecular complexity index is 372. The molecule has 3 nitrogen and oxygen atoms in total. The largest absolute Gasteiger partial charge is 0.477 e. The van der Waals surface area contributed by atoms with Crippen molar-refractivity contribution in [3.63, 3.8) is 0 Å². The Hall–Kier alpha value is -1.65. The number of nitriles is 1. The first kappa shape index (κ1) is 10.4. The predicted octanol–water partition coefficient (Wildman–Crippen LogP) is 1.87. The van der Waals surface area contributed by atoms with Crippen LogP contribution in [0.2, 0.25) is 0 Å². The molecule has 76 valence electrons. The van der Waals surface area contributed by atoms with Crippen molar-refractivity contribution in [2.24, 2.45) is 0 Å². The van der Waals surface area contributed by atoms with Gasteiger partial charge in [0.25, 0.3) is 0 Å². The van der Waals surface area contributed by atoms with Crippen molar-refractivity contribution >= 4 is 0 Å². The first-order chi connectivity index (χ1) is 6.29. The molecule has 0 N–H and O–H groups in total. The van der Waals surface area contributed by atoms with E-state index in [0.717, 1.165) is 0 Å². The minimum atomic E-state index is -5.73. The summed E-state index contributed by atoms with van der Waals surface area (Å²) in [5.41, 5.74) is -0.367. The zero-order chi connectivity index (χ0) is 11.0. The number of nitrogens with zero attached hydrogens (tertiary/aromatic N) is 3. The highest BCUT2D eigenvalue weighted by molar-refractivity contribution is 5.22. The van der Waals surface area contributed by atoms with Crippen LogP contribution < -0.4 is 0 Å². The van der Waals surface area contributed by atoms with Crippen LogP contribution in [0.5, 0.6) is 0 Å². The van der Waals surface area contributed by atoms with Crippen LogP contribution in [0, 0.1) is 11.3 Å². The van der Waals surface area contributed by atoms with E-state index in [4.69, 9.17) is 5.26 Å². The van der Waals surface area contributed by atoms with Gasteiger partial charge in [-0.15, -0.1) is 0 Å². The molecule has 0 fully saturated rings. The van der Waals surface area contributed by atoms with Gasteiger partial charge in [0.2, 0.25) is 0 Å². The van der Waals surface area contributed by atoms with E-state index in [1.54, 1.807) is 0 Å². The average Bonchev–Trinajstić information content (AvgIpc) is 2.49. The first-order valence-electron chi connectivity index (χ1n) is 3.19. The standard InChI is InChI=1S/C6H2F5N3/c7-5(8,9)6(10,11)14-3-4(1-12)2-13-14/h2-3H. The fourth-order valence-electron chi connectivity index (χ4n) is 0.664. The Kier molecular flexibility index (Phi) is 2.19. The van der Waals surface area contributed by atoms with E-state index < -0.39 is 16.9 Å². The molecule has 1 aromatic heterocycles.